The number of carbonyl (C=O) groups is 1. The summed E-state index contributed by atoms with van der Waals surface area (Å²) < 4.78 is 0. The van der Waals surface area contributed by atoms with Gasteiger partial charge in [-0.3, -0.25) is 9.69 Å². The maximum Gasteiger partial charge on any atom is 0.137 e. The molecule has 3 heteroatoms. The van der Waals surface area contributed by atoms with Crippen molar-refractivity contribution in [2.75, 3.05) is 39.3 Å². The number of hydrogen-bond donors (Lipinski definition) is 0. The first-order valence-electron chi connectivity index (χ1n) is 10.0. The van der Waals surface area contributed by atoms with Crippen LogP contribution in [0, 0.1) is 5.92 Å². The second kappa shape index (κ2) is 9.88. The summed E-state index contributed by atoms with van der Waals surface area (Å²) in [7, 11) is 0. The summed E-state index contributed by atoms with van der Waals surface area (Å²) in [6.45, 7) is 6.38. The highest BCUT2D eigenvalue weighted by molar-refractivity contribution is 5.81. The standard InChI is InChI=1S/C22H32N2O/c25-22(21-11-5-2-6-12-21)13-15-24-18-16-23(17-19-24)14-7-10-20-8-3-1-4-9-20/h1,3-4,7-10,21H,2,5-6,11-19H2/b10-7+. The molecule has 3 rings (SSSR count). The number of nitrogens with zero attached hydrogens (tertiary/aromatic N) is 2. The number of carbonyl (C=O) groups excluding carboxylic acids is 1. The smallest absolute Gasteiger partial charge is 0.137 e. The molecule has 3 nitrogen and oxygen atoms in total. The number of hydrogen-bond acceptors (Lipinski definition) is 3. The number of Topliss-reactive ketones (excluding diaryl/α,β-unsaturated/α-hetero) is 1. The molecule has 0 spiro atoms. The molecule has 2 aliphatic rings. The molecular formula is C22H32N2O. The molecular weight excluding hydrogens is 308 g/mol. The van der Waals surface area contributed by atoms with E-state index in [1.54, 1.807) is 0 Å². The highest BCUT2D eigenvalue weighted by Crippen LogP contribution is 2.25. The normalized spacial score (nSPS) is 21.0. The molecule has 0 aromatic heterocycles. The van der Waals surface area contributed by atoms with Crippen LogP contribution in [0.3, 0.4) is 0 Å². The largest absolute Gasteiger partial charge is 0.300 e. The first-order chi connectivity index (χ1) is 12.3. The maximum atomic E-state index is 12.3. The zero-order chi connectivity index (χ0) is 17.3. The van der Waals surface area contributed by atoms with Crippen LogP contribution in [0.25, 0.3) is 6.08 Å². The van der Waals surface area contributed by atoms with Gasteiger partial charge in [0.05, 0.1) is 0 Å². The molecule has 0 radical (unpaired) electrons. The zero-order valence-corrected chi connectivity index (χ0v) is 15.4. The quantitative estimate of drug-likeness (QED) is 0.753. The van der Waals surface area contributed by atoms with Gasteiger partial charge in [0.1, 0.15) is 5.78 Å². The Balaban J connectivity index is 1.32. The van der Waals surface area contributed by atoms with Gasteiger partial charge < -0.3 is 4.90 Å². The van der Waals surface area contributed by atoms with E-state index in [2.05, 4.69) is 52.3 Å². The molecule has 1 aromatic rings. The van der Waals surface area contributed by atoms with Gasteiger partial charge in [0, 0.05) is 51.6 Å². The van der Waals surface area contributed by atoms with E-state index in [4.69, 9.17) is 0 Å². The highest BCUT2D eigenvalue weighted by Gasteiger charge is 2.22. The predicted octanol–water partition coefficient (Wildman–Crippen LogP) is 3.86. The van der Waals surface area contributed by atoms with Gasteiger partial charge in [-0.15, -0.1) is 0 Å². The maximum absolute atomic E-state index is 12.3. The minimum absolute atomic E-state index is 0.373. The summed E-state index contributed by atoms with van der Waals surface area (Å²) >= 11 is 0. The topological polar surface area (TPSA) is 23.6 Å². The minimum atomic E-state index is 0.373. The Hall–Kier alpha value is -1.45. The molecule has 1 saturated heterocycles. The second-order valence-electron chi connectivity index (χ2n) is 7.51. The molecule has 0 atom stereocenters. The minimum Gasteiger partial charge on any atom is -0.300 e. The van der Waals surface area contributed by atoms with Crippen molar-refractivity contribution in [3.05, 3.63) is 42.0 Å². The van der Waals surface area contributed by atoms with Gasteiger partial charge in [0.25, 0.3) is 0 Å². The lowest BCUT2D eigenvalue weighted by molar-refractivity contribution is -0.124. The number of ketones is 1. The van der Waals surface area contributed by atoms with Crippen molar-refractivity contribution in [1.82, 2.24) is 9.80 Å². The summed E-state index contributed by atoms with van der Waals surface area (Å²) in [6.07, 6.45) is 11.3. The Morgan fingerprint density at radius 3 is 2.36 bits per heavy atom. The van der Waals surface area contributed by atoms with Gasteiger partial charge in [-0.2, -0.15) is 0 Å². The summed E-state index contributed by atoms with van der Waals surface area (Å²) in [5.74, 6) is 0.895. The van der Waals surface area contributed by atoms with Crippen LogP contribution in [-0.2, 0) is 4.79 Å². The number of benzene rings is 1. The molecule has 1 aromatic carbocycles. The molecule has 0 bridgehead atoms. The number of rotatable bonds is 7. The van der Waals surface area contributed by atoms with Gasteiger partial charge >= 0.3 is 0 Å². The average molecular weight is 341 g/mol. The van der Waals surface area contributed by atoms with Gasteiger partial charge in [-0.05, 0) is 18.4 Å². The van der Waals surface area contributed by atoms with Gasteiger partial charge in [-0.25, -0.2) is 0 Å². The first kappa shape index (κ1) is 18.3. The van der Waals surface area contributed by atoms with Gasteiger partial charge in [0.15, 0.2) is 0 Å². The molecule has 0 N–H and O–H groups in total. The Morgan fingerprint density at radius 1 is 0.960 bits per heavy atom. The SMILES string of the molecule is O=C(CCN1CCN(C/C=C/c2ccccc2)CC1)C1CCCCC1. The van der Waals surface area contributed by atoms with E-state index in [0.717, 1.165) is 58.5 Å². The van der Waals surface area contributed by atoms with E-state index < -0.39 is 0 Å². The molecule has 25 heavy (non-hydrogen) atoms. The fourth-order valence-electron chi connectivity index (χ4n) is 3.99. The van der Waals surface area contributed by atoms with Gasteiger partial charge in [-0.1, -0.05) is 61.7 Å². The van der Waals surface area contributed by atoms with Crippen LogP contribution in [0.2, 0.25) is 0 Å². The van der Waals surface area contributed by atoms with Crippen LogP contribution in [0.5, 0.6) is 0 Å². The van der Waals surface area contributed by atoms with Gasteiger partial charge in [0.2, 0.25) is 0 Å². The van der Waals surface area contributed by atoms with E-state index in [0.29, 0.717) is 11.7 Å². The van der Waals surface area contributed by atoms with Crippen LogP contribution < -0.4 is 0 Å². The van der Waals surface area contributed by atoms with E-state index >= 15 is 0 Å². The summed E-state index contributed by atoms with van der Waals surface area (Å²) in [6, 6.07) is 10.5. The van der Waals surface area contributed by atoms with E-state index in [1.165, 1.54) is 24.8 Å². The van der Waals surface area contributed by atoms with Crippen molar-refractivity contribution in [2.24, 2.45) is 5.92 Å². The first-order valence-corrected chi connectivity index (χ1v) is 10.0. The lowest BCUT2D eigenvalue weighted by Crippen LogP contribution is -2.46. The highest BCUT2D eigenvalue weighted by atomic mass is 16.1. The van der Waals surface area contributed by atoms with Crippen molar-refractivity contribution in [1.29, 1.82) is 0 Å². The fourth-order valence-corrected chi connectivity index (χ4v) is 3.99. The molecule has 0 unspecified atom stereocenters. The molecule has 2 fully saturated rings. The van der Waals surface area contributed by atoms with E-state index in [-0.39, 0.29) is 0 Å². The van der Waals surface area contributed by atoms with Crippen LogP contribution in [-0.4, -0.2) is 54.9 Å². The molecule has 136 valence electrons. The van der Waals surface area contributed by atoms with Crippen molar-refractivity contribution < 1.29 is 4.79 Å². The van der Waals surface area contributed by atoms with Crippen molar-refractivity contribution in [3.8, 4) is 0 Å². The Morgan fingerprint density at radius 2 is 1.64 bits per heavy atom. The lowest BCUT2D eigenvalue weighted by atomic mass is 9.85. The summed E-state index contributed by atoms with van der Waals surface area (Å²) in [4.78, 5) is 17.3. The van der Waals surface area contributed by atoms with Crippen LogP contribution in [0.1, 0.15) is 44.1 Å². The van der Waals surface area contributed by atoms with Crippen LogP contribution in [0.15, 0.2) is 36.4 Å². The molecule has 1 aliphatic carbocycles. The van der Waals surface area contributed by atoms with Crippen molar-refractivity contribution in [3.63, 3.8) is 0 Å². The molecule has 0 amide bonds. The Kier molecular flexibility index (Phi) is 7.25. The predicted molar refractivity (Wildman–Crippen MR) is 105 cm³/mol. The summed E-state index contributed by atoms with van der Waals surface area (Å²) in [5, 5.41) is 0. The Labute approximate surface area is 152 Å². The van der Waals surface area contributed by atoms with Crippen molar-refractivity contribution >= 4 is 11.9 Å². The fraction of sp³-hybridized carbons (Fsp3) is 0.591. The van der Waals surface area contributed by atoms with Crippen LogP contribution >= 0.6 is 0 Å². The number of piperazine rings is 1. The average Bonchev–Trinajstić information content (AvgIpc) is 2.68. The Bertz CT molecular complexity index is 540. The molecule has 1 aliphatic heterocycles. The lowest BCUT2D eigenvalue weighted by Gasteiger charge is -2.34. The van der Waals surface area contributed by atoms with Crippen LogP contribution in [0.4, 0.5) is 0 Å². The summed E-state index contributed by atoms with van der Waals surface area (Å²) in [5.41, 5.74) is 1.27. The van der Waals surface area contributed by atoms with E-state index in [1.807, 2.05) is 0 Å². The second-order valence-corrected chi connectivity index (χ2v) is 7.51. The molecule has 1 heterocycles. The molecule has 1 saturated carbocycles. The monoisotopic (exact) mass is 340 g/mol. The third-order valence-corrected chi connectivity index (χ3v) is 5.67. The third-order valence-electron chi connectivity index (χ3n) is 5.67. The van der Waals surface area contributed by atoms with Crippen molar-refractivity contribution in [2.45, 2.75) is 38.5 Å². The third kappa shape index (κ3) is 6.09. The zero-order valence-electron chi connectivity index (χ0n) is 15.4. The van der Waals surface area contributed by atoms with E-state index in [9.17, 15) is 4.79 Å².